The molecule has 2 aromatic rings. The largest absolute Gasteiger partial charge is 0.364 e. The molecule has 2 heteroatoms. The lowest BCUT2D eigenvalue weighted by atomic mass is 9.87. The number of rotatable bonds is 2. The zero-order chi connectivity index (χ0) is 12.3. The molecule has 1 nitrogen and oxygen atoms in total. The van der Waals surface area contributed by atoms with Crippen molar-refractivity contribution in [3.05, 3.63) is 71.8 Å². The fraction of sp³-hybridized carbons (Fsp3) is 0.250. The Kier molecular flexibility index (Phi) is 3.39. The van der Waals surface area contributed by atoms with Crippen molar-refractivity contribution in [1.29, 1.82) is 0 Å². The van der Waals surface area contributed by atoms with E-state index < -0.39 is 0 Å². The van der Waals surface area contributed by atoms with Crippen LogP contribution in [0.5, 0.6) is 0 Å². The molecule has 0 radical (unpaired) electrons. The average molecular weight is 256 g/mol. The van der Waals surface area contributed by atoms with Gasteiger partial charge in [-0.25, -0.2) is 0 Å². The Hall–Kier alpha value is -1.25. The van der Waals surface area contributed by atoms with Gasteiger partial charge in [0.2, 0.25) is 0 Å². The molecule has 0 aromatic heterocycles. The molecule has 0 amide bonds. The monoisotopic (exact) mass is 256 g/mol. The lowest BCUT2D eigenvalue weighted by Crippen LogP contribution is -2.38. The van der Waals surface area contributed by atoms with E-state index in [1.165, 1.54) is 11.1 Å². The van der Waals surface area contributed by atoms with Gasteiger partial charge in [-0.05, 0) is 11.1 Å². The summed E-state index contributed by atoms with van der Waals surface area (Å²) in [5, 5.41) is 0. The van der Waals surface area contributed by atoms with Gasteiger partial charge in [0, 0.05) is 11.5 Å². The molecule has 0 N–H and O–H groups in total. The van der Waals surface area contributed by atoms with E-state index in [9.17, 15) is 0 Å². The highest BCUT2D eigenvalue weighted by atomic mass is 32.2. The highest BCUT2D eigenvalue weighted by Gasteiger charge is 2.37. The van der Waals surface area contributed by atoms with Crippen LogP contribution in [0, 0.1) is 0 Å². The summed E-state index contributed by atoms with van der Waals surface area (Å²) in [5.74, 6) is 2.07. The zero-order valence-electron chi connectivity index (χ0n) is 10.2. The Morgan fingerprint density at radius 2 is 1.39 bits per heavy atom. The van der Waals surface area contributed by atoms with Gasteiger partial charge >= 0.3 is 0 Å². The fourth-order valence-electron chi connectivity index (χ4n) is 2.45. The third-order valence-corrected chi connectivity index (χ3v) is 4.43. The van der Waals surface area contributed by atoms with E-state index in [2.05, 4.69) is 60.7 Å². The Morgan fingerprint density at radius 3 is 1.83 bits per heavy atom. The maximum atomic E-state index is 6.22. The molecule has 0 saturated carbocycles. The van der Waals surface area contributed by atoms with E-state index in [0.717, 1.165) is 18.1 Å². The second-order valence-electron chi connectivity index (χ2n) is 4.46. The van der Waals surface area contributed by atoms with Crippen molar-refractivity contribution >= 4 is 11.8 Å². The van der Waals surface area contributed by atoms with Gasteiger partial charge in [-0.3, -0.25) is 0 Å². The van der Waals surface area contributed by atoms with Gasteiger partial charge in [0.25, 0.3) is 0 Å². The minimum Gasteiger partial charge on any atom is -0.364 e. The third kappa shape index (κ3) is 2.06. The Morgan fingerprint density at radius 1 is 0.833 bits per heavy atom. The molecule has 1 aliphatic heterocycles. The van der Waals surface area contributed by atoms with Gasteiger partial charge in [0.05, 0.1) is 6.61 Å². The average Bonchev–Trinajstić information content (AvgIpc) is 2.50. The molecule has 0 unspecified atom stereocenters. The predicted octanol–water partition coefficient (Wildman–Crippen LogP) is 3.69. The number of benzene rings is 2. The molecule has 1 saturated heterocycles. The third-order valence-electron chi connectivity index (χ3n) is 3.36. The first-order chi connectivity index (χ1) is 8.92. The predicted molar refractivity (Wildman–Crippen MR) is 76.9 cm³/mol. The molecule has 3 rings (SSSR count). The van der Waals surface area contributed by atoms with E-state index >= 15 is 0 Å². The van der Waals surface area contributed by atoms with Crippen LogP contribution in [-0.2, 0) is 10.3 Å². The molecule has 1 fully saturated rings. The summed E-state index contributed by atoms with van der Waals surface area (Å²) >= 11 is 1.97. The molecular formula is C16H16OS. The molecule has 0 bridgehead atoms. The van der Waals surface area contributed by atoms with Crippen LogP contribution in [0.25, 0.3) is 0 Å². The first-order valence-electron chi connectivity index (χ1n) is 6.25. The van der Waals surface area contributed by atoms with E-state index in [-0.39, 0.29) is 5.60 Å². The quantitative estimate of drug-likeness (QED) is 0.810. The minimum atomic E-state index is -0.272. The van der Waals surface area contributed by atoms with Crippen LogP contribution in [0.15, 0.2) is 60.7 Å². The molecule has 0 aliphatic carbocycles. The maximum Gasteiger partial charge on any atom is 0.127 e. The smallest absolute Gasteiger partial charge is 0.127 e. The van der Waals surface area contributed by atoms with Crippen molar-refractivity contribution in [3.63, 3.8) is 0 Å². The summed E-state index contributed by atoms with van der Waals surface area (Å²) in [6, 6.07) is 21.1. The van der Waals surface area contributed by atoms with E-state index in [1.54, 1.807) is 0 Å². The summed E-state index contributed by atoms with van der Waals surface area (Å²) in [7, 11) is 0. The van der Waals surface area contributed by atoms with Gasteiger partial charge in [0.15, 0.2) is 0 Å². The summed E-state index contributed by atoms with van der Waals surface area (Å²) < 4.78 is 6.22. The van der Waals surface area contributed by atoms with Gasteiger partial charge in [-0.1, -0.05) is 60.7 Å². The first-order valence-corrected chi connectivity index (χ1v) is 7.40. The summed E-state index contributed by atoms with van der Waals surface area (Å²) in [6.07, 6.45) is 0. The van der Waals surface area contributed by atoms with Gasteiger partial charge < -0.3 is 4.74 Å². The van der Waals surface area contributed by atoms with Crippen LogP contribution in [0.2, 0.25) is 0 Å². The maximum absolute atomic E-state index is 6.22. The zero-order valence-corrected chi connectivity index (χ0v) is 11.0. The van der Waals surface area contributed by atoms with E-state index in [1.807, 2.05) is 11.8 Å². The number of ether oxygens (including phenoxy) is 1. The van der Waals surface area contributed by atoms with Crippen molar-refractivity contribution in [1.82, 2.24) is 0 Å². The minimum absolute atomic E-state index is 0.272. The highest BCUT2D eigenvalue weighted by molar-refractivity contribution is 7.99. The van der Waals surface area contributed by atoms with Crippen LogP contribution < -0.4 is 0 Å². The normalized spacial score (nSPS) is 18.4. The summed E-state index contributed by atoms with van der Waals surface area (Å²) in [4.78, 5) is 0. The number of hydrogen-bond acceptors (Lipinski definition) is 2. The van der Waals surface area contributed by atoms with Crippen molar-refractivity contribution in [3.8, 4) is 0 Å². The molecule has 2 aromatic carbocycles. The summed E-state index contributed by atoms with van der Waals surface area (Å²) in [6.45, 7) is 0.814. The molecular weight excluding hydrogens is 240 g/mol. The second kappa shape index (κ2) is 5.17. The van der Waals surface area contributed by atoms with Crippen LogP contribution in [0.1, 0.15) is 11.1 Å². The SMILES string of the molecule is c1ccc(C2(c3ccccc3)CSCCO2)cc1. The Bertz CT molecular complexity index is 448. The molecule has 1 heterocycles. The lowest BCUT2D eigenvalue weighted by molar-refractivity contribution is 0.00385. The highest BCUT2D eigenvalue weighted by Crippen LogP contribution is 2.39. The first kappa shape index (κ1) is 11.8. The van der Waals surface area contributed by atoms with Crippen LogP contribution >= 0.6 is 11.8 Å². The van der Waals surface area contributed by atoms with E-state index in [0.29, 0.717) is 0 Å². The second-order valence-corrected chi connectivity index (χ2v) is 5.57. The molecule has 0 atom stereocenters. The standard InChI is InChI=1S/C16H16OS/c1-3-7-14(8-4-1)16(13-18-12-11-17-16)15-9-5-2-6-10-15/h1-10H,11-13H2. The molecule has 0 spiro atoms. The van der Waals surface area contributed by atoms with Crippen molar-refractivity contribution in [2.75, 3.05) is 18.1 Å². The molecule has 1 aliphatic rings. The van der Waals surface area contributed by atoms with Crippen LogP contribution in [0.4, 0.5) is 0 Å². The Balaban J connectivity index is 2.10. The van der Waals surface area contributed by atoms with Crippen molar-refractivity contribution < 1.29 is 4.74 Å². The van der Waals surface area contributed by atoms with Gasteiger partial charge in [-0.15, -0.1) is 0 Å². The van der Waals surface area contributed by atoms with Crippen molar-refractivity contribution in [2.24, 2.45) is 0 Å². The van der Waals surface area contributed by atoms with Gasteiger partial charge in [-0.2, -0.15) is 11.8 Å². The summed E-state index contributed by atoms with van der Waals surface area (Å²) in [5.41, 5.74) is 2.23. The Labute approximate surface area is 112 Å². The van der Waals surface area contributed by atoms with E-state index in [4.69, 9.17) is 4.74 Å². The number of hydrogen-bond donors (Lipinski definition) is 0. The fourth-order valence-corrected chi connectivity index (χ4v) is 3.50. The van der Waals surface area contributed by atoms with Crippen LogP contribution in [0.3, 0.4) is 0 Å². The van der Waals surface area contributed by atoms with Crippen LogP contribution in [-0.4, -0.2) is 18.1 Å². The molecule has 18 heavy (non-hydrogen) atoms. The molecule has 92 valence electrons. The topological polar surface area (TPSA) is 9.23 Å². The van der Waals surface area contributed by atoms with Crippen molar-refractivity contribution in [2.45, 2.75) is 5.60 Å². The number of thioether (sulfide) groups is 1. The lowest BCUT2D eigenvalue weighted by Gasteiger charge is -2.38. The van der Waals surface area contributed by atoms with Gasteiger partial charge in [0.1, 0.15) is 5.60 Å².